The lowest BCUT2D eigenvalue weighted by atomic mass is 10.0. The third-order valence-electron chi connectivity index (χ3n) is 10.0. The van der Waals surface area contributed by atoms with E-state index in [2.05, 4.69) is 0 Å². The number of piperidine rings is 1. The van der Waals surface area contributed by atoms with E-state index in [0.29, 0.717) is 50.6 Å². The molecular formula is C43H62N4O9S2. The van der Waals surface area contributed by atoms with Crippen molar-refractivity contribution in [1.29, 1.82) is 0 Å². The molecule has 0 saturated carbocycles. The zero-order valence-corrected chi connectivity index (χ0v) is 37.2. The van der Waals surface area contributed by atoms with Crippen molar-refractivity contribution < 1.29 is 43.3 Å². The minimum absolute atomic E-state index is 0.0347. The number of nitrogens with zero attached hydrogens (tertiary/aromatic N) is 4. The second-order valence-corrected chi connectivity index (χ2v) is 18.9. The van der Waals surface area contributed by atoms with Gasteiger partial charge in [-0.1, -0.05) is 0 Å². The van der Waals surface area contributed by atoms with Crippen molar-refractivity contribution in [2.24, 2.45) is 0 Å². The quantitative estimate of drug-likeness (QED) is 0.186. The molecule has 0 aliphatic carbocycles. The number of carboxylic acid groups (broad SMARTS) is 1. The molecule has 0 radical (unpaired) electrons. The fourth-order valence-electron chi connectivity index (χ4n) is 7.22. The van der Waals surface area contributed by atoms with Crippen molar-refractivity contribution in [2.75, 3.05) is 63.4 Å². The molecule has 5 rings (SSSR count). The molecule has 13 nitrogen and oxygen atoms in total. The molecule has 0 unspecified atom stereocenters. The van der Waals surface area contributed by atoms with Crippen molar-refractivity contribution in [3.05, 3.63) is 47.5 Å². The van der Waals surface area contributed by atoms with Crippen LogP contribution in [-0.4, -0.2) is 126 Å². The number of rotatable bonds is 14. The number of carboxylic acids is 1. The Morgan fingerprint density at radius 1 is 0.828 bits per heavy atom. The van der Waals surface area contributed by atoms with E-state index in [1.807, 2.05) is 76.5 Å². The predicted molar refractivity (Wildman–Crippen MR) is 230 cm³/mol. The van der Waals surface area contributed by atoms with Gasteiger partial charge >= 0.3 is 12.1 Å². The number of methoxy groups -OCH3 is 2. The highest BCUT2D eigenvalue weighted by molar-refractivity contribution is 8.01. The SMILES string of the molecule is COCCCCN1C(=O)[C@@H](C)Sc2ccc(C(=O)N(C(C)C)[C@@H]3CCCN(C(=O)OC(C)(C)C)C3)cc21.COCCCCN1C(=O)[C@@H](C)Sc2ccc(C(=O)O)cc21. The summed E-state index contributed by atoms with van der Waals surface area (Å²) in [5.41, 5.74) is 1.72. The first kappa shape index (κ1) is 46.9. The number of hydrogen-bond donors (Lipinski definition) is 1. The Kier molecular flexibility index (Phi) is 17.4. The van der Waals surface area contributed by atoms with Crippen molar-refractivity contribution in [3.8, 4) is 0 Å². The standard InChI is InChI=1S/C28H43N3O5S.C15H19NO4S/c1-19(2)31(22-11-10-14-29(18-22)27(34)36-28(4,5)6)26(33)21-12-13-24-23(17-21)30(15-8-9-16-35-7)25(32)20(3)37-24;1-10-14(17)16(7-3-4-8-20-2)12-9-11(15(18)19)5-6-13(12)21-10/h12-13,17,19-20,22H,8-11,14-16,18H2,1-7H3;5-6,9-10H,3-4,7-8H2,1-2H3,(H,18,19)/t20-,22-;10-/m11/s1. The van der Waals surface area contributed by atoms with Gasteiger partial charge in [0.25, 0.3) is 5.91 Å². The molecule has 2 aromatic rings. The predicted octanol–water partition coefficient (Wildman–Crippen LogP) is 7.83. The fraction of sp³-hybridized carbons (Fsp3) is 0.605. The summed E-state index contributed by atoms with van der Waals surface area (Å²) in [4.78, 5) is 72.3. The van der Waals surface area contributed by atoms with Gasteiger partial charge in [-0.2, -0.15) is 0 Å². The number of aromatic carboxylic acids is 1. The highest BCUT2D eigenvalue weighted by atomic mass is 32.2. The molecule has 0 bridgehead atoms. The summed E-state index contributed by atoms with van der Waals surface area (Å²) in [5, 5.41) is 8.80. The maximum atomic E-state index is 13.9. The number of ether oxygens (including phenoxy) is 3. The molecular weight excluding hydrogens is 781 g/mol. The highest BCUT2D eigenvalue weighted by Crippen LogP contribution is 2.41. The van der Waals surface area contributed by atoms with E-state index in [1.165, 1.54) is 23.5 Å². The lowest BCUT2D eigenvalue weighted by Gasteiger charge is -2.41. The third kappa shape index (κ3) is 12.4. The maximum absolute atomic E-state index is 13.9. The maximum Gasteiger partial charge on any atom is 0.410 e. The summed E-state index contributed by atoms with van der Waals surface area (Å²) in [6, 6.07) is 10.5. The van der Waals surface area contributed by atoms with Gasteiger partial charge in [-0.05, 0) is 123 Å². The number of anilines is 2. The van der Waals surface area contributed by atoms with Crippen LogP contribution in [0.3, 0.4) is 0 Å². The molecule has 3 heterocycles. The normalized spacial score (nSPS) is 19.3. The van der Waals surface area contributed by atoms with Crippen molar-refractivity contribution in [2.45, 2.75) is 125 Å². The Bertz CT molecular complexity index is 1770. The van der Waals surface area contributed by atoms with E-state index in [-0.39, 0.29) is 52.0 Å². The van der Waals surface area contributed by atoms with Crippen LogP contribution in [0.4, 0.5) is 16.2 Å². The topological polar surface area (TPSA) is 146 Å². The van der Waals surface area contributed by atoms with Crippen LogP contribution >= 0.6 is 23.5 Å². The Morgan fingerprint density at radius 2 is 1.33 bits per heavy atom. The van der Waals surface area contributed by atoms with E-state index in [4.69, 9.17) is 19.3 Å². The average Bonchev–Trinajstić information content (AvgIpc) is 3.17. The first-order valence-corrected chi connectivity index (χ1v) is 22.0. The number of likely N-dealkylation sites (tertiary alicyclic amines) is 1. The molecule has 3 atom stereocenters. The summed E-state index contributed by atoms with van der Waals surface area (Å²) in [5.74, 6) is -0.953. The smallest absolute Gasteiger partial charge is 0.410 e. The minimum Gasteiger partial charge on any atom is -0.478 e. The third-order valence-corrected chi connectivity index (χ3v) is 12.3. The van der Waals surface area contributed by atoms with E-state index >= 15 is 0 Å². The molecule has 1 N–H and O–H groups in total. The molecule has 4 amide bonds. The number of amides is 4. The molecule has 320 valence electrons. The van der Waals surface area contributed by atoms with E-state index < -0.39 is 11.6 Å². The number of fused-ring (bicyclic) bond motifs is 2. The zero-order valence-electron chi connectivity index (χ0n) is 35.6. The Hall–Kier alpha value is -3.79. The van der Waals surface area contributed by atoms with Crippen LogP contribution in [0.2, 0.25) is 0 Å². The Labute approximate surface area is 352 Å². The number of carbonyl (C=O) groups excluding carboxylic acids is 4. The van der Waals surface area contributed by atoms with Gasteiger partial charge in [0.05, 0.1) is 33.5 Å². The second kappa shape index (κ2) is 21.5. The largest absolute Gasteiger partial charge is 0.478 e. The number of benzene rings is 2. The average molecular weight is 843 g/mol. The zero-order chi connectivity index (χ0) is 42.7. The van der Waals surface area contributed by atoms with Crippen LogP contribution in [0.5, 0.6) is 0 Å². The molecule has 1 fully saturated rings. The number of unbranched alkanes of at least 4 members (excludes halogenated alkanes) is 2. The monoisotopic (exact) mass is 842 g/mol. The fourth-order valence-corrected chi connectivity index (χ4v) is 9.31. The first-order chi connectivity index (χ1) is 27.5. The summed E-state index contributed by atoms with van der Waals surface area (Å²) in [6.45, 7) is 17.0. The van der Waals surface area contributed by atoms with Gasteiger partial charge < -0.3 is 38.9 Å². The van der Waals surface area contributed by atoms with Gasteiger partial charge in [0.15, 0.2) is 0 Å². The summed E-state index contributed by atoms with van der Waals surface area (Å²) in [6.07, 6.45) is 4.69. The van der Waals surface area contributed by atoms with Gasteiger partial charge in [0.1, 0.15) is 5.60 Å². The molecule has 2 aromatic carbocycles. The van der Waals surface area contributed by atoms with Gasteiger partial charge in [-0.3, -0.25) is 14.4 Å². The van der Waals surface area contributed by atoms with Crippen molar-refractivity contribution in [3.63, 3.8) is 0 Å². The van der Waals surface area contributed by atoms with Gasteiger partial charge in [0, 0.05) is 75.0 Å². The lowest BCUT2D eigenvalue weighted by Crippen LogP contribution is -2.54. The van der Waals surface area contributed by atoms with Crippen molar-refractivity contribution in [1.82, 2.24) is 9.80 Å². The molecule has 15 heteroatoms. The van der Waals surface area contributed by atoms with Crippen LogP contribution in [0.15, 0.2) is 46.2 Å². The van der Waals surface area contributed by atoms with Crippen LogP contribution in [0, 0.1) is 0 Å². The van der Waals surface area contributed by atoms with Gasteiger partial charge in [-0.25, -0.2) is 9.59 Å². The molecule has 1 saturated heterocycles. The number of thioether (sulfide) groups is 2. The van der Waals surface area contributed by atoms with Crippen LogP contribution < -0.4 is 9.80 Å². The molecule has 0 aromatic heterocycles. The van der Waals surface area contributed by atoms with Crippen LogP contribution in [0.25, 0.3) is 0 Å². The molecule has 3 aliphatic heterocycles. The summed E-state index contributed by atoms with van der Waals surface area (Å²) in [7, 11) is 3.33. The van der Waals surface area contributed by atoms with Gasteiger partial charge in [-0.15, -0.1) is 23.5 Å². The highest BCUT2D eigenvalue weighted by Gasteiger charge is 2.36. The second-order valence-electron chi connectivity index (χ2n) is 16.1. The summed E-state index contributed by atoms with van der Waals surface area (Å²) >= 11 is 3.02. The minimum atomic E-state index is -0.979. The lowest BCUT2D eigenvalue weighted by molar-refractivity contribution is -0.118. The molecule has 0 spiro atoms. The van der Waals surface area contributed by atoms with Crippen LogP contribution in [0.1, 0.15) is 108 Å². The van der Waals surface area contributed by atoms with Gasteiger partial charge in [0.2, 0.25) is 11.8 Å². The Balaban J connectivity index is 0.000000299. The van der Waals surface area contributed by atoms with E-state index in [9.17, 15) is 24.0 Å². The number of carbonyl (C=O) groups is 5. The Morgan fingerprint density at radius 3 is 1.79 bits per heavy atom. The van der Waals surface area contributed by atoms with E-state index in [0.717, 1.165) is 54.0 Å². The summed E-state index contributed by atoms with van der Waals surface area (Å²) < 4.78 is 15.8. The molecule has 58 heavy (non-hydrogen) atoms. The van der Waals surface area contributed by atoms with E-state index in [1.54, 1.807) is 42.2 Å². The van der Waals surface area contributed by atoms with Crippen LogP contribution in [-0.2, 0) is 23.8 Å². The molecule has 3 aliphatic rings. The first-order valence-electron chi connectivity index (χ1n) is 20.2. The van der Waals surface area contributed by atoms with Crippen molar-refractivity contribution >= 4 is 64.7 Å². The number of hydrogen-bond acceptors (Lipinski definition) is 10.